The van der Waals surface area contributed by atoms with E-state index in [4.69, 9.17) is 9.47 Å². The Morgan fingerprint density at radius 3 is 2.45 bits per heavy atom. The van der Waals surface area contributed by atoms with E-state index in [1.54, 1.807) is 0 Å². The molecule has 1 aromatic rings. The van der Waals surface area contributed by atoms with Crippen LogP contribution in [0.2, 0.25) is 0 Å². The van der Waals surface area contributed by atoms with E-state index in [-0.39, 0.29) is 23.6 Å². The van der Waals surface area contributed by atoms with Crippen LogP contribution < -0.4 is 10.1 Å². The van der Waals surface area contributed by atoms with Crippen molar-refractivity contribution in [2.24, 2.45) is 0 Å². The molecular formula is C23H27F3N2O5. The number of methoxy groups -OCH3 is 1. The Bertz CT molecular complexity index is 969. The van der Waals surface area contributed by atoms with Crippen LogP contribution in [0.4, 0.5) is 13.2 Å². The molecule has 1 fully saturated rings. The van der Waals surface area contributed by atoms with Crippen molar-refractivity contribution in [2.75, 3.05) is 13.7 Å². The minimum Gasteiger partial charge on any atom is -0.497 e. The maximum Gasteiger partial charge on any atom is 0.425 e. The normalized spacial score (nSPS) is 21.9. The number of carbonyl (C=O) groups excluding carboxylic acids is 3. The van der Waals surface area contributed by atoms with Gasteiger partial charge >= 0.3 is 12.1 Å². The summed E-state index contributed by atoms with van der Waals surface area (Å²) in [7, 11) is 1.35. The molecule has 1 heterocycles. The minimum atomic E-state index is -5.30. The number of carbonyl (C=O) groups is 3. The standard InChI is InChI=1S/C23H27F3N2O5/c1-4-33-20(30)18-14(2)28(16-10-6-5-7-11-16)21(31)22(18,23(24,25)26)27-19(29)15-9-8-12-17(13-15)32-3/h8-9,12-13,16H,4-7,10-11H2,1-3H3,(H,27,29)/t22-/m0/s1. The van der Waals surface area contributed by atoms with Gasteiger partial charge in [-0.1, -0.05) is 25.3 Å². The lowest BCUT2D eigenvalue weighted by Gasteiger charge is -2.36. The molecule has 0 spiro atoms. The highest BCUT2D eigenvalue weighted by atomic mass is 19.4. The first kappa shape index (κ1) is 24.6. The predicted molar refractivity (Wildman–Crippen MR) is 112 cm³/mol. The first-order valence-electron chi connectivity index (χ1n) is 10.8. The highest BCUT2D eigenvalue weighted by molar-refractivity contribution is 6.12. The van der Waals surface area contributed by atoms with Gasteiger partial charge in [0.05, 0.1) is 13.7 Å². The number of ether oxygens (including phenoxy) is 2. The summed E-state index contributed by atoms with van der Waals surface area (Å²) >= 11 is 0. The van der Waals surface area contributed by atoms with Gasteiger partial charge in [0.15, 0.2) is 0 Å². The molecule has 10 heteroatoms. The first-order chi connectivity index (χ1) is 15.6. The SMILES string of the molecule is CCOC(=O)C1=C(C)N(C2CCCCC2)C(=O)[C@]1(NC(=O)c1cccc(OC)c1)C(F)(F)F. The molecule has 1 aromatic carbocycles. The summed E-state index contributed by atoms with van der Waals surface area (Å²) in [4.78, 5) is 40.3. The summed E-state index contributed by atoms with van der Waals surface area (Å²) in [5.74, 6) is -3.59. The van der Waals surface area contributed by atoms with Gasteiger partial charge < -0.3 is 19.7 Å². The van der Waals surface area contributed by atoms with E-state index in [1.807, 2.05) is 5.32 Å². The topological polar surface area (TPSA) is 84.9 Å². The fourth-order valence-corrected chi connectivity index (χ4v) is 4.57. The number of rotatable bonds is 6. The van der Waals surface area contributed by atoms with Gasteiger partial charge in [0, 0.05) is 17.3 Å². The number of hydrogen-bond acceptors (Lipinski definition) is 5. The second-order valence-corrected chi connectivity index (χ2v) is 8.08. The van der Waals surface area contributed by atoms with Crippen molar-refractivity contribution >= 4 is 17.8 Å². The van der Waals surface area contributed by atoms with E-state index < -0.39 is 41.1 Å². The number of halogens is 3. The van der Waals surface area contributed by atoms with Gasteiger partial charge in [-0.3, -0.25) is 9.59 Å². The molecule has 33 heavy (non-hydrogen) atoms. The molecule has 3 rings (SSSR count). The molecule has 180 valence electrons. The fourth-order valence-electron chi connectivity index (χ4n) is 4.57. The maximum atomic E-state index is 14.7. The smallest absolute Gasteiger partial charge is 0.425 e. The fraction of sp³-hybridized carbons (Fsp3) is 0.522. The Hall–Kier alpha value is -3.04. The number of hydrogen-bond donors (Lipinski definition) is 1. The van der Waals surface area contributed by atoms with E-state index in [2.05, 4.69) is 0 Å². The van der Waals surface area contributed by atoms with E-state index in [9.17, 15) is 27.6 Å². The summed E-state index contributed by atoms with van der Waals surface area (Å²) in [6, 6.07) is 5.01. The van der Waals surface area contributed by atoms with Crippen molar-refractivity contribution in [1.82, 2.24) is 10.2 Å². The van der Waals surface area contributed by atoms with E-state index >= 15 is 0 Å². The zero-order valence-corrected chi connectivity index (χ0v) is 18.8. The van der Waals surface area contributed by atoms with Crippen molar-refractivity contribution in [2.45, 2.75) is 63.7 Å². The lowest BCUT2D eigenvalue weighted by atomic mass is 9.88. The zero-order valence-electron chi connectivity index (χ0n) is 18.8. The molecule has 0 radical (unpaired) electrons. The van der Waals surface area contributed by atoms with Crippen LogP contribution in [0.15, 0.2) is 35.5 Å². The molecule has 0 saturated heterocycles. The average Bonchev–Trinajstić information content (AvgIpc) is 3.01. The average molecular weight is 468 g/mol. The second kappa shape index (κ2) is 9.44. The van der Waals surface area contributed by atoms with Gasteiger partial charge in [-0.15, -0.1) is 0 Å². The van der Waals surface area contributed by atoms with Crippen LogP contribution in [-0.2, 0) is 14.3 Å². The third-order valence-corrected chi connectivity index (χ3v) is 6.12. The zero-order chi connectivity index (χ0) is 24.4. The largest absolute Gasteiger partial charge is 0.497 e. The lowest BCUT2D eigenvalue weighted by Crippen LogP contribution is -2.66. The number of allylic oxidation sites excluding steroid dienone is 1. The lowest BCUT2D eigenvalue weighted by molar-refractivity contribution is -0.193. The van der Waals surface area contributed by atoms with Crippen LogP contribution in [0.1, 0.15) is 56.3 Å². The Kier molecular flexibility index (Phi) is 7.04. The van der Waals surface area contributed by atoms with Crippen LogP contribution in [0, 0.1) is 0 Å². The van der Waals surface area contributed by atoms with Crippen molar-refractivity contribution in [1.29, 1.82) is 0 Å². The molecule has 1 aliphatic heterocycles. The highest BCUT2D eigenvalue weighted by Gasteiger charge is 2.71. The minimum absolute atomic E-state index is 0.145. The Morgan fingerprint density at radius 2 is 1.88 bits per heavy atom. The molecule has 2 aliphatic rings. The van der Waals surface area contributed by atoms with Crippen molar-refractivity contribution in [3.63, 3.8) is 0 Å². The molecule has 1 aliphatic carbocycles. The second-order valence-electron chi connectivity index (χ2n) is 8.08. The molecule has 0 unspecified atom stereocenters. The monoisotopic (exact) mass is 468 g/mol. The third kappa shape index (κ3) is 4.30. The Balaban J connectivity index is 2.14. The molecule has 0 bridgehead atoms. The third-order valence-electron chi connectivity index (χ3n) is 6.12. The van der Waals surface area contributed by atoms with Gasteiger partial charge in [-0.25, -0.2) is 4.79 Å². The van der Waals surface area contributed by atoms with E-state index in [0.29, 0.717) is 12.8 Å². The van der Waals surface area contributed by atoms with Crippen LogP contribution in [0.3, 0.4) is 0 Å². The van der Waals surface area contributed by atoms with Gasteiger partial charge in [0.2, 0.25) is 0 Å². The van der Waals surface area contributed by atoms with Crippen LogP contribution in [-0.4, -0.2) is 54.2 Å². The first-order valence-corrected chi connectivity index (χ1v) is 10.8. The van der Waals surface area contributed by atoms with Crippen LogP contribution in [0.5, 0.6) is 5.75 Å². The predicted octanol–water partition coefficient (Wildman–Crippen LogP) is 3.74. The van der Waals surface area contributed by atoms with E-state index in [0.717, 1.165) is 24.2 Å². The molecule has 7 nitrogen and oxygen atoms in total. The summed E-state index contributed by atoms with van der Waals surface area (Å²) < 4.78 is 54.1. The van der Waals surface area contributed by atoms with Crippen LogP contribution >= 0.6 is 0 Å². The summed E-state index contributed by atoms with van der Waals surface area (Å²) in [5, 5.41) is 1.87. The van der Waals surface area contributed by atoms with Crippen molar-refractivity contribution < 1.29 is 37.0 Å². The maximum absolute atomic E-state index is 14.7. The van der Waals surface area contributed by atoms with Crippen molar-refractivity contribution in [3.05, 3.63) is 41.1 Å². The number of benzene rings is 1. The molecular weight excluding hydrogens is 441 g/mol. The molecule has 1 saturated carbocycles. The van der Waals surface area contributed by atoms with Crippen molar-refractivity contribution in [3.8, 4) is 5.75 Å². The van der Waals surface area contributed by atoms with E-state index in [1.165, 1.54) is 45.2 Å². The Labute approximate surface area is 189 Å². The Morgan fingerprint density at radius 1 is 1.21 bits per heavy atom. The number of nitrogens with zero attached hydrogens (tertiary/aromatic N) is 1. The summed E-state index contributed by atoms with van der Waals surface area (Å²) in [5.41, 5.74) is -4.75. The number of alkyl halides is 3. The van der Waals surface area contributed by atoms with Crippen LogP contribution in [0.25, 0.3) is 0 Å². The number of amides is 2. The molecule has 1 atom stereocenters. The number of nitrogens with one attached hydrogen (secondary N) is 1. The number of esters is 1. The van der Waals surface area contributed by atoms with Gasteiger partial charge in [-0.2, -0.15) is 13.2 Å². The molecule has 0 aromatic heterocycles. The van der Waals surface area contributed by atoms with Gasteiger partial charge in [0.25, 0.3) is 17.4 Å². The van der Waals surface area contributed by atoms with Gasteiger partial charge in [-0.05, 0) is 44.9 Å². The van der Waals surface area contributed by atoms with Gasteiger partial charge in [0.1, 0.15) is 11.3 Å². The molecule has 1 N–H and O–H groups in total. The highest BCUT2D eigenvalue weighted by Crippen LogP contribution is 2.47. The molecule has 2 amide bonds. The summed E-state index contributed by atoms with van der Waals surface area (Å²) in [6.07, 6.45) is -1.85. The summed E-state index contributed by atoms with van der Waals surface area (Å²) in [6.45, 7) is 2.56. The quantitative estimate of drug-likeness (QED) is 0.643.